The Bertz CT molecular complexity index is 1220. The van der Waals surface area contributed by atoms with Crippen molar-refractivity contribution in [3.8, 4) is 23.1 Å². The van der Waals surface area contributed by atoms with Crippen LogP contribution >= 0.6 is 0 Å². The van der Waals surface area contributed by atoms with E-state index in [0.717, 1.165) is 22.4 Å². The van der Waals surface area contributed by atoms with Crippen molar-refractivity contribution in [2.45, 2.75) is 38.9 Å². The molecule has 3 aromatic rings. The average Bonchev–Trinajstić information content (AvgIpc) is 3.16. The molecule has 1 aliphatic heterocycles. The Morgan fingerprint density at radius 3 is 2.76 bits per heavy atom. The van der Waals surface area contributed by atoms with Gasteiger partial charge in [0.15, 0.2) is 0 Å². The topological polar surface area (TPSA) is 123 Å². The number of ether oxygens (including phenoxy) is 1. The summed E-state index contributed by atoms with van der Waals surface area (Å²) in [7, 11) is 0. The standard InChI is InChI=1S/C25H27N5O3/c1-15(2)33-22-5-4-16(12-31)8-21(22)30-24-27-7-6-20(29-24)17-9-18(11-26)23-19(10-17)25(3,14-32)13-28-23/h4-10,15,28,31-32H,12-14H2,1-3H3,(H,27,29,30)/t25-/m1/s1. The fourth-order valence-electron chi connectivity index (χ4n) is 3.89. The van der Waals surface area contributed by atoms with Crippen LogP contribution in [0.3, 0.4) is 0 Å². The number of benzene rings is 2. The number of hydrogen-bond acceptors (Lipinski definition) is 8. The van der Waals surface area contributed by atoms with Gasteiger partial charge >= 0.3 is 0 Å². The van der Waals surface area contributed by atoms with E-state index < -0.39 is 5.41 Å². The number of nitrogens with one attached hydrogen (secondary N) is 2. The molecule has 2 heterocycles. The Hall–Kier alpha value is -3.67. The number of aliphatic hydroxyl groups excluding tert-OH is 2. The van der Waals surface area contributed by atoms with Crippen LogP contribution in [0, 0.1) is 11.3 Å². The van der Waals surface area contributed by atoms with Crippen LogP contribution in [0.2, 0.25) is 0 Å². The number of nitrogens with zero attached hydrogens (tertiary/aromatic N) is 3. The first kappa shape index (κ1) is 22.5. The Morgan fingerprint density at radius 1 is 1.24 bits per heavy atom. The van der Waals surface area contributed by atoms with Crippen LogP contribution < -0.4 is 15.4 Å². The molecule has 0 saturated heterocycles. The fraction of sp³-hybridized carbons (Fsp3) is 0.320. The largest absolute Gasteiger partial charge is 0.489 e. The third-order valence-electron chi connectivity index (χ3n) is 5.70. The summed E-state index contributed by atoms with van der Waals surface area (Å²) in [6, 6.07) is 13.2. The third kappa shape index (κ3) is 4.46. The number of aromatic nitrogens is 2. The summed E-state index contributed by atoms with van der Waals surface area (Å²) >= 11 is 0. The molecule has 1 aromatic heterocycles. The molecule has 8 nitrogen and oxygen atoms in total. The van der Waals surface area contributed by atoms with Crippen molar-refractivity contribution in [3.05, 3.63) is 59.3 Å². The second-order valence-electron chi connectivity index (χ2n) is 8.68. The summed E-state index contributed by atoms with van der Waals surface area (Å²) in [4.78, 5) is 8.99. The average molecular weight is 446 g/mol. The minimum atomic E-state index is -0.473. The second-order valence-corrected chi connectivity index (χ2v) is 8.68. The first-order valence-corrected chi connectivity index (χ1v) is 10.8. The first-order valence-electron chi connectivity index (χ1n) is 10.8. The van der Waals surface area contributed by atoms with Gasteiger partial charge < -0.3 is 25.6 Å². The molecule has 4 rings (SSSR count). The molecule has 0 unspecified atom stereocenters. The zero-order chi connectivity index (χ0) is 23.6. The van der Waals surface area contributed by atoms with E-state index >= 15 is 0 Å². The van der Waals surface area contributed by atoms with Crippen molar-refractivity contribution < 1.29 is 14.9 Å². The zero-order valence-electron chi connectivity index (χ0n) is 18.9. The number of hydrogen-bond donors (Lipinski definition) is 4. The van der Waals surface area contributed by atoms with E-state index in [9.17, 15) is 15.5 Å². The summed E-state index contributed by atoms with van der Waals surface area (Å²) in [5.41, 5.74) is 4.49. The molecule has 1 aliphatic rings. The molecular weight excluding hydrogens is 418 g/mol. The SMILES string of the molecule is CC(C)Oc1ccc(CO)cc1Nc1nccc(-c2cc(C#N)c3c(c2)[C@@](C)(CO)CN3)n1. The van der Waals surface area contributed by atoms with Gasteiger partial charge in [0.2, 0.25) is 5.95 Å². The maximum Gasteiger partial charge on any atom is 0.227 e. The lowest BCUT2D eigenvalue weighted by Crippen LogP contribution is -2.28. The Labute approximate surface area is 192 Å². The molecule has 0 fully saturated rings. The Morgan fingerprint density at radius 2 is 2.06 bits per heavy atom. The second kappa shape index (κ2) is 9.06. The number of anilines is 3. The predicted molar refractivity (Wildman–Crippen MR) is 127 cm³/mol. The van der Waals surface area contributed by atoms with Gasteiger partial charge in [-0.15, -0.1) is 0 Å². The lowest BCUT2D eigenvalue weighted by atomic mass is 9.83. The molecule has 0 spiro atoms. The molecule has 0 bridgehead atoms. The Balaban J connectivity index is 1.72. The number of aliphatic hydroxyl groups is 2. The molecule has 0 radical (unpaired) electrons. The maximum atomic E-state index is 9.95. The molecule has 0 saturated carbocycles. The van der Waals surface area contributed by atoms with Gasteiger partial charge in [-0.25, -0.2) is 9.97 Å². The van der Waals surface area contributed by atoms with Crippen molar-refractivity contribution >= 4 is 17.3 Å². The first-order chi connectivity index (χ1) is 15.9. The maximum absolute atomic E-state index is 9.95. The molecule has 0 amide bonds. The smallest absolute Gasteiger partial charge is 0.227 e. The van der Waals surface area contributed by atoms with Gasteiger partial charge in [0, 0.05) is 23.7 Å². The van der Waals surface area contributed by atoms with Crippen LogP contribution in [0.5, 0.6) is 5.75 Å². The predicted octanol–water partition coefficient (Wildman–Crippen LogP) is 3.71. The number of nitriles is 1. The fourth-order valence-corrected chi connectivity index (χ4v) is 3.89. The van der Waals surface area contributed by atoms with Crippen LogP contribution in [0.25, 0.3) is 11.3 Å². The van der Waals surface area contributed by atoms with E-state index in [4.69, 9.17) is 4.74 Å². The summed E-state index contributed by atoms with van der Waals surface area (Å²) in [6.07, 6.45) is 1.62. The van der Waals surface area contributed by atoms with Crippen molar-refractivity contribution in [2.24, 2.45) is 0 Å². The third-order valence-corrected chi connectivity index (χ3v) is 5.70. The van der Waals surface area contributed by atoms with Gasteiger partial charge in [-0.05, 0) is 55.3 Å². The molecule has 2 aromatic carbocycles. The molecule has 0 aliphatic carbocycles. The van der Waals surface area contributed by atoms with E-state index in [2.05, 4.69) is 26.7 Å². The Kier molecular flexibility index (Phi) is 6.18. The highest BCUT2D eigenvalue weighted by Gasteiger charge is 2.36. The van der Waals surface area contributed by atoms with Crippen molar-refractivity contribution in [1.82, 2.24) is 9.97 Å². The summed E-state index contributed by atoms with van der Waals surface area (Å²) in [6.45, 7) is 6.29. The van der Waals surface area contributed by atoms with Gasteiger partial charge in [0.1, 0.15) is 11.8 Å². The molecular formula is C25H27N5O3. The minimum Gasteiger partial charge on any atom is -0.489 e. The summed E-state index contributed by atoms with van der Waals surface area (Å²) in [5.74, 6) is 0.989. The highest BCUT2D eigenvalue weighted by molar-refractivity contribution is 5.76. The lowest BCUT2D eigenvalue weighted by molar-refractivity contribution is 0.219. The van der Waals surface area contributed by atoms with Gasteiger partial charge in [-0.1, -0.05) is 13.0 Å². The van der Waals surface area contributed by atoms with Crippen LogP contribution in [-0.4, -0.2) is 39.4 Å². The van der Waals surface area contributed by atoms with E-state index in [1.165, 1.54) is 0 Å². The zero-order valence-corrected chi connectivity index (χ0v) is 18.9. The van der Waals surface area contributed by atoms with Gasteiger partial charge in [0.05, 0.1) is 41.9 Å². The van der Waals surface area contributed by atoms with Crippen LogP contribution in [-0.2, 0) is 12.0 Å². The minimum absolute atomic E-state index is 0.0250. The molecule has 170 valence electrons. The van der Waals surface area contributed by atoms with Gasteiger partial charge in [-0.2, -0.15) is 5.26 Å². The van der Waals surface area contributed by atoms with Crippen molar-refractivity contribution in [1.29, 1.82) is 5.26 Å². The molecule has 4 N–H and O–H groups in total. The van der Waals surface area contributed by atoms with Crippen molar-refractivity contribution in [2.75, 3.05) is 23.8 Å². The van der Waals surface area contributed by atoms with E-state index in [1.54, 1.807) is 36.5 Å². The van der Waals surface area contributed by atoms with Crippen molar-refractivity contribution in [3.63, 3.8) is 0 Å². The summed E-state index contributed by atoms with van der Waals surface area (Å²) in [5, 5.41) is 35.6. The van der Waals surface area contributed by atoms with Gasteiger partial charge in [-0.3, -0.25) is 0 Å². The van der Waals surface area contributed by atoms with E-state index in [1.807, 2.05) is 26.8 Å². The van der Waals surface area contributed by atoms with Crippen LogP contribution in [0.4, 0.5) is 17.3 Å². The quantitative estimate of drug-likeness (QED) is 0.434. The number of fused-ring (bicyclic) bond motifs is 1. The van der Waals surface area contributed by atoms with Crippen LogP contribution in [0.15, 0.2) is 42.6 Å². The highest BCUT2D eigenvalue weighted by Crippen LogP contribution is 2.41. The van der Waals surface area contributed by atoms with Gasteiger partial charge in [0.25, 0.3) is 0 Å². The van der Waals surface area contributed by atoms with E-state index in [0.29, 0.717) is 35.2 Å². The monoisotopic (exact) mass is 445 g/mol. The van der Waals surface area contributed by atoms with E-state index in [-0.39, 0.29) is 19.3 Å². The molecule has 1 atom stereocenters. The normalized spacial score (nSPS) is 16.8. The summed E-state index contributed by atoms with van der Waals surface area (Å²) < 4.78 is 5.88. The number of rotatable bonds is 7. The molecule has 8 heteroatoms. The molecule has 33 heavy (non-hydrogen) atoms. The van der Waals surface area contributed by atoms with Crippen LogP contribution in [0.1, 0.15) is 37.5 Å². The lowest BCUT2D eigenvalue weighted by Gasteiger charge is -2.21. The highest BCUT2D eigenvalue weighted by atomic mass is 16.5.